The SMILES string of the molecule is CC[C@H](C)[C@H](NC(=O)[C@H](CCC(N)=O)NC(=O)[C@H](CCCN=C(N)N)NC(=O)[C@@H]1CCCN1C(=O)[C@H](Cc1c[nH]c2ccccc12)NC(=O)[C@@H]1CCC(=O)N1)C(=O)N1CCC[C@H]1C(=O)N1CCC[C@]1(C(=O)O)C1C=CCOC1=O. The molecular formula is C53H73N13O13. The molecule has 0 radical (unpaired) electrons. The van der Waals surface area contributed by atoms with Gasteiger partial charge in [-0.2, -0.15) is 0 Å². The van der Waals surface area contributed by atoms with Crippen molar-refractivity contribution < 1.29 is 62.6 Å². The third-order valence-corrected chi connectivity index (χ3v) is 15.8. The van der Waals surface area contributed by atoms with Gasteiger partial charge in [0.25, 0.3) is 0 Å². The number of hydrogen-bond acceptors (Lipinski definition) is 13. The molecule has 2 aromatic rings. The summed E-state index contributed by atoms with van der Waals surface area (Å²) in [5.41, 5.74) is 16.2. The van der Waals surface area contributed by atoms with Crippen LogP contribution in [0.3, 0.4) is 0 Å². The van der Waals surface area contributed by atoms with Crippen molar-refractivity contribution in [1.29, 1.82) is 0 Å². The normalized spacial score (nSPS) is 23.6. The van der Waals surface area contributed by atoms with Crippen molar-refractivity contribution in [3.05, 3.63) is 48.2 Å². The lowest BCUT2D eigenvalue weighted by atomic mass is 9.80. The summed E-state index contributed by atoms with van der Waals surface area (Å²) < 4.78 is 5.17. The number of fused-ring (bicyclic) bond motifs is 1. The molecule has 26 nitrogen and oxygen atoms in total. The molecule has 5 aliphatic heterocycles. The highest BCUT2D eigenvalue weighted by molar-refractivity contribution is 6.00. The van der Waals surface area contributed by atoms with E-state index in [1.807, 2.05) is 24.3 Å². The number of carboxylic acid groups (broad SMARTS) is 1. The molecule has 10 atom stereocenters. The quantitative estimate of drug-likeness (QED) is 0.0187. The third kappa shape index (κ3) is 13.4. The number of aromatic nitrogens is 1. The number of aliphatic imine (C=N–C) groups is 1. The molecule has 1 unspecified atom stereocenters. The van der Waals surface area contributed by atoms with Gasteiger partial charge in [0.1, 0.15) is 54.8 Å². The zero-order chi connectivity index (χ0) is 57.1. The maximum absolute atomic E-state index is 14.7. The Kier molecular flexibility index (Phi) is 19.3. The number of nitrogens with two attached hydrogens (primary N) is 3. The first kappa shape index (κ1) is 58.6. The second-order valence-electron chi connectivity index (χ2n) is 21.0. The van der Waals surface area contributed by atoms with Gasteiger partial charge in [0.05, 0.1) is 0 Å². The zero-order valence-electron chi connectivity index (χ0n) is 44.5. The Morgan fingerprint density at radius 2 is 1.52 bits per heavy atom. The van der Waals surface area contributed by atoms with Crippen LogP contribution in [0.2, 0.25) is 0 Å². The summed E-state index contributed by atoms with van der Waals surface area (Å²) >= 11 is 0. The highest BCUT2D eigenvalue weighted by Gasteiger charge is 2.59. The number of nitrogens with zero attached hydrogens (tertiary/aromatic N) is 4. The summed E-state index contributed by atoms with van der Waals surface area (Å²) in [5, 5.41) is 25.1. The number of primary amides is 1. The van der Waals surface area contributed by atoms with Crippen LogP contribution in [0.4, 0.5) is 0 Å². The summed E-state index contributed by atoms with van der Waals surface area (Å²) in [6.45, 7) is 3.72. The van der Waals surface area contributed by atoms with E-state index in [0.29, 0.717) is 19.3 Å². The fraction of sp³-hybridized carbons (Fsp3) is 0.585. The van der Waals surface area contributed by atoms with Crippen molar-refractivity contribution in [2.75, 3.05) is 32.8 Å². The van der Waals surface area contributed by atoms with Gasteiger partial charge in [-0.05, 0) is 81.8 Å². The summed E-state index contributed by atoms with van der Waals surface area (Å²) in [5.74, 6) is -10.2. The molecule has 9 amide bonds. The maximum atomic E-state index is 14.7. The molecule has 6 heterocycles. The average molecular weight is 1100 g/mol. The maximum Gasteiger partial charge on any atom is 0.330 e. The number of para-hydroxylation sites is 1. The van der Waals surface area contributed by atoms with Gasteiger partial charge in [0, 0.05) is 62.5 Å². The summed E-state index contributed by atoms with van der Waals surface area (Å²) in [6.07, 6.45) is 6.18. The van der Waals surface area contributed by atoms with E-state index in [2.05, 4.69) is 36.6 Å². The molecule has 0 bridgehead atoms. The Balaban J connectivity index is 1.08. The van der Waals surface area contributed by atoms with E-state index in [-0.39, 0.29) is 109 Å². The molecule has 26 heteroatoms. The van der Waals surface area contributed by atoms with Crippen molar-refractivity contribution >= 4 is 82.0 Å². The predicted octanol–water partition coefficient (Wildman–Crippen LogP) is -1.55. The average Bonchev–Trinajstić information content (AvgIpc) is 4.52. The third-order valence-electron chi connectivity index (χ3n) is 15.8. The van der Waals surface area contributed by atoms with Gasteiger partial charge in [-0.3, -0.25) is 52.9 Å². The van der Waals surface area contributed by atoms with Gasteiger partial charge in [-0.1, -0.05) is 50.6 Å². The number of aromatic amines is 1. The number of hydrogen-bond donors (Lipinski definition) is 10. The number of ether oxygens (including phenoxy) is 1. The summed E-state index contributed by atoms with van der Waals surface area (Å²) in [4.78, 5) is 162. The van der Waals surface area contributed by atoms with Crippen molar-refractivity contribution in [3.8, 4) is 0 Å². The second-order valence-corrected chi connectivity index (χ2v) is 21.0. The molecule has 428 valence electrons. The fourth-order valence-electron chi connectivity index (χ4n) is 11.4. The van der Waals surface area contributed by atoms with Crippen LogP contribution < -0.4 is 43.8 Å². The van der Waals surface area contributed by atoms with Crippen molar-refractivity contribution in [2.45, 2.75) is 152 Å². The molecule has 79 heavy (non-hydrogen) atoms. The highest BCUT2D eigenvalue weighted by atomic mass is 16.5. The first-order valence-electron chi connectivity index (χ1n) is 27.1. The number of aliphatic carboxylic acids is 1. The van der Waals surface area contributed by atoms with Crippen LogP contribution >= 0.6 is 0 Å². The van der Waals surface area contributed by atoms with E-state index in [1.165, 1.54) is 22.0 Å². The molecule has 0 saturated carbocycles. The summed E-state index contributed by atoms with van der Waals surface area (Å²) in [7, 11) is 0. The molecule has 1 aromatic carbocycles. The standard InChI is InChI=1S/C53H73N13O13/c1-3-29(2)42(49(75)65-24-8-16-39(65)48(74)66-25-10-21-53(66,51(77)78)32-12-9-26-79-50(32)76)63-45(71)36(17-19-40(54)67)60-43(69)34(14-6-22-57-52(55)56)61-46(72)38-15-7-23-64(38)47(73)37(62-44(70)35-18-20-41(68)59-35)27-30-28-58-33-13-5-4-11-31(30)33/h4-5,9,11-13,28-29,32,34-39,42,58H,3,6-8,10,14-27H2,1-2H3,(H2,54,67)(H,59,68)(H,60,69)(H,61,72)(H,62,70)(H,63,71)(H,77,78)(H4,55,56,57)/t29-,32?,34-,35-,36-,37-,38-,39-,42-,53+/m0/s1. The fourth-order valence-corrected chi connectivity index (χ4v) is 11.4. The lowest BCUT2D eigenvalue weighted by Gasteiger charge is -2.41. The van der Waals surface area contributed by atoms with Crippen LogP contribution in [0.25, 0.3) is 10.9 Å². The van der Waals surface area contributed by atoms with Crippen LogP contribution in [0, 0.1) is 11.8 Å². The monoisotopic (exact) mass is 1100 g/mol. The molecule has 0 aliphatic carbocycles. The van der Waals surface area contributed by atoms with Crippen LogP contribution in [-0.4, -0.2) is 176 Å². The van der Waals surface area contributed by atoms with Crippen LogP contribution in [-0.2, 0) is 63.9 Å². The van der Waals surface area contributed by atoms with Crippen LogP contribution in [0.1, 0.15) is 103 Å². The number of carbonyl (C=O) groups is 11. The minimum atomic E-state index is -1.95. The number of H-pyrrole nitrogens is 1. The van der Waals surface area contributed by atoms with E-state index in [0.717, 1.165) is 21.4 Å². The highest BCUT2D eigenvalue weighted by Crippen LogP contribution is 2.41. The first-order chi connectivity index (χ1) is 37.7. The minimum Gasteiger partial charge on any atom is -0.479 e. The number of benzene rings is 1. The second kappa shape index (κ2) is 26.1. The van der Waals surface area contributed by atoms with E-state index < -0.39 is 125 Å². The van der Waals surface area contributed by atoms with Gasteiger partial charge in [0.2, 0.25) is 53.2 Å². The van der Waals surface area contributed by atoms with Gasteiger partial charge in [0.15, 0.2) is 11.5 Å². The van der Waals surface area contributed by atoms with E-state index >= 15 is 0 Å². The smallest absolute Gasteiger partial charge is 0.330 e. The van der Waals surface area contributed by atoms with E-state index in [9.17, 15) is 57.8 Å². The van der Waals surface area contributed by atoms with Gasteiger partial charge >= 0.3 is 11.9 Å². The zero-order valence-corrected chi connectivity index (χ0v) is 44.5. The van der Waals surface area contributed by atoms with Crippen LogP contribution in [0.5, 0.6) is 0 Å². The lowest BCUT2D eigenvalue weighted by Crippen LogP contribution is -2.64. The molecule has 1 aromatic heterocycles. The number of carbonyl (C=O) groups excluding carboxylic acids is 10. The van der Waals surface area contributed by atoms with E-state index in [1.54, 1.807) is 20.0 Å². The van der Waals surface area contributed by atoms with Crippen LogP contribution in [0.15, 0.2) is 47.6 Å². The number of nitrogens with one attached hydrogen (secondary N) is 6. The predicted molar refractivity (Wildman–Crippen MR) is 283 cm³/mol. The number of cyclic esters (lactones) is 1. The first-order valence-corrected chi connectivity index (χ1v) is 27.1. The van der Waals surface area contributed by atoms with Gasteiger partial charge < -0.3 is 73.3 Å². The van der Waals surface area contributed by atoms with Gasteiger partial charge in [-0.25, -0.2) is 4.79 Å². The molecule has 0 spiro atoms. The largest absolute Gasteiger partial charge is 0.479 e. The van der Waals surface area contributed by atoms with E-state index in [4.69, 9.17) is 21.9 Å². The number of amides is 9. The van der Waals surface area contributed by atoms with Crippen molar-refractivity contribution in [2.24, 2.45) is 34.0 Å². The number of carboxylic acids is 1. The Bertz CT molecular complexity index is 2740. The molecule has 13 N–H and O–H groups in total. The Hall–Kier alpha value is -8.06. The number of guanidine groups is 1. The molecule has 4 saturated heterocycles. The number of rotatable bonds is 24. The van der Waals surface area contributed by atoms with Crippen molar-refractivity contribution in [3.63, 3.8) is 0 Å². The van der Waals surface area contributed by atoms with Crippen molar-refractivity contribution in [1.82, 2.24) is 46.3 Å². The Morgan fingerprint density at radius 3 is 2.19 bits per heavy atom. The van der Waals surface area contributed by atoms with Gasteiger partial charge in [-0.15, -0.1) is 0 Å². The topological polar surface area (TPSA) is 393 Å². The number of likely N-dealkylation sites (tertiary alicyclic amines) is 3. The number of esters is 1. The Morgan fingerprint density at radius 1 is 0.835 bits per heavy atom. The lowest BCUT2D eigenvalue weighted by molar-refractivity contribution is -0.170. The Labute approximate surface area is 456 Å². The molecule has 4 fully saturated rings. The molecular weight excluding hydrogens is 1030 g/mol. The molecule has 7 rings (SSSR count). The summed E-state index contributed by atoms with van der Waals surface area (Å²) in [6, 6.07) is -1.05. The minimum absolute atomic E-state index is 0.0106. The molecule has 5 aliphatic rings.